The molecule has 0 heterocycles. The van der Waals surface area contributed by atoms with Crippen molar-refractivity contribution >= 4 is 17.3 Å². The summed E-state index contributed by atoms with van der Waals surface area (Å²) in [6.07, 6.45) is 0. The van der Waals surface area contributed by atoms with Gasteiger partial charge in [-0.1, -0.05) is 23.7 Å². The van der Waals surface area contributed by atoms with E-state index in [2.05, 4.69) is 5.32 Å². The first-order valence-electron chi connectivity index (χ1n) is 5.26. The summed E-state index contributed by atoms with van der Waals surface area (Å²) in [4.78, 5) is 0. The lowest BCUT2D eigenvalue weighted by molar-refractivity contribution is 0.403. The second-order valence-electron chi connectivity index (χ2n) is 3.78. The molecule has 3 N–H and O–H groups in total. The second-order valence-corrected chi connectivity index (χ2v) is 4.19. The van der Waals surface area contributed by atoms with Crippen molar-refractivity contribution in [2.24, 2.45) is 0 Å². The van der Waals surface area contributed by atoms with E-state index in [0.29, 0.717) is 12.1 Å². The van der Waals surface area contributed by atoms with E-state index in [0.717, 1.165) is 0 Å². The third-order valence-electron chi connectivity index (χ3n) is 2.47. The lowest BCUT2D eigenvalue weighted by atomic mass is 10.2. The molecule has 0 unspecified atom stereocenters. The van der Waals surface area contributed by atoms with Crippen LogP contribution in [0, 0.1) is 5.82 Å². The quantitative estimate of drug-likeness (QED) is 0.746. The second kappa shape index (κ2) is 5.14. The summed E-state index contributed by atoms with van der Waals surface area (Å²) in [5, 5.41) is 21.4. The molecule has 0 aliphatic heterocycles. The Morgan fingerprint density at radius 3 is 2.61 bits per heavy atom. The highest BCUT2D eigenvalue weighted by Gasteiger charge is 2.06. The van der Waals surface area contributed by atoms with Gasteiger partial charge in [-0.15, -0.1) is 0 Å². The van der Waals surface area contributed by atoms with Crippen molar-refractivity contribution in [3.8, 4) is 11.5 Å². The molecule has 0 saturated heterocycles. The minimum Gasteiger partial charge on any atom is -0.504 e. The maximum absolute atomic E-state index is 13.6. The molecule has 0 amide bonds. The monoisotopic (exact) mass is 267 g/mol. The summed E-state index contributed by atoms with van der Waals surface area (Å²) in [6.45, 7) is 0.311. The number of hydrogen-bond donors (Lipinski definition) is 3. The molecular formula is C13H11ClFNO2. The van der Waals surface area contributed by atoms with Crippen LogP contribution >= 0.6 is 11.6 Å². The van der Waals surface area contributed by atoms with Gasteiger partial charge in [0.05, 0.1) is 10.7 Å². The molecule has 5 heteroatoms. The number of benzene rings is 2. The number of anilines is 1. The van der Waals surface area contributed by atoms with Crippen molar-refractivity contribution in [2.75, 3.05) is 5.32 Å². The van der Waals surface area contributed by atoms with E-state index < -0.39 is 5.82 Å². The molecule has 0 saturated carbocycles. The van der Waals surface area contributed by atoms with Crippen LogP contribution in [0.1, 0.15) is 5.56 Å². The maximum Gasteiger partial charge on any atom is 0.164 e. The molecule has 0 radical (unpaired) electrons. The predicted octanol–water partition coefficient (Wildman–Crippen LogP) is 3.50. The average Bonchev–Trinajstić information content (AvgIpc) is 2.35. The van der Waals surface area contributed by atoms with Crippen LogP contribution < -0.4 is 5.32 Å². The first-order valence-corrected chi connectivity index (χ1v) is 5.64. The standard InChI is InChI=1S/C13H11ClFNO2/c14-9-2-1-3-10(13(9)15)16-7-8-4-5-11(17)12(18)6-8/h1-6,16-18H,7H2. The Kier molecular flexibility index (Phi) is 3.58. The zero-order valence-electron chi connectivity index (χ0n) is 9.32. The lowest BCUT2D eigenvalue weighted by Crippen LogP contribution is -2.01. The Hall–Kier alpha value is -1.94. The molecule has 2 aromatic rings. The summed E-state index contributed by atoms with van der Waals surface area (Å²) >= 11 is 5.65. The topological polar surface area (TPSA) is 52.5 Å². The van der Waals surface area contributed by atoms with Gasteiger partial charge < -0.3 is 15.5 Å². The number of phenolic OH excluding ortho intramolecular Hbond substituents is 2. The maximum atomic E-state index is 13.6. The minimum absolute atomic E-state index is 0.0496. The zero-order valence-corrected chi connectivity index (χ0v) is 10.1. The van der Waals surface area contributed by atoms with Crippen molar-refractivity contribution < 1.29 is 14.6 Å². The molecule has 0 fully saturated rings. The van der Waals surface area contributed by atoms with Gasteiger partial charge in [0.15, 0.2) is 17.3 Å². The van der Waals surface area contributed by atoms with Crippen LogP contribution in [0.15, 0.2) is 36.4 Å². The summed E-state index contributed by atoms with van der Waals surface area (Å²) < 4.78 is 13.6. The molecule has 94 valence electrons. The Labute approximate surface area is 108 Å². The molecule has 0 atom stereocenters. The normalized spacial score (nSPS) is 10.3. The fourth-order valence-electron chi connectivity index (χ4n) is 1.52. The molecule has 0 aliphatic carbocycles. The SMILES string of the molecule is Oc1ccc(CNc2cccc(Cl)c2F)cc1O. The molecule has 3 nitrogen and oxygen atoms in total. The molecule has 18 heavy (non-hydrogen) atoms. The minimum atomic E-state index is -0.512. The summed E-state index contributed by atoms with van der Waals surface area (Å²) in [7, 11) is 0. The summed E-state index contributed by atoms with van der Waals surface area (Å²) in [6, 6.07) is 9.09. The highest BCUT2D eigenvalue weighted by Crippen LogP contribution is 2.26. The first-order chi connectivity index (χ1) is 8.58. The van der Waals surface area contributed by atoms with E-state index in [1.54, 1.807) is 18.2 Å². The number of halogens is 2. The molecular weight excluding hydrogens is 257 g/mol. The number of nitrogens with one attached hydrogen (secondary N) is 1. The van der Waals surface area contributed by atoms with Gasteiger partial charge in [0.25, 0.3) is 0 Å². The lowest BCUT2D eigenvalue weighted by Gasteiger charge is -2.09. The smallest absolute Gasteiger partial charge is 0.164 e. The summed E-state index contributed by atoms with van der Waals surface area (Å²) in [5.74, 6) is -0.907. The Morgan fingerprint density at radius 2 is 1.89 bits per heavy atom. The van der Waals surface area contributed by atoms with Gasteiger partial charge in [-0.25, -0.2) is 4.39 Å². The molecule has 0 bridgehead atoms. The third kappa shape index (κ3) is 2.65. The first kappa shape index (κ1) is 12.5. The number of hydrogen-bond acceptors (Lipinski definition) is 3. The third-order valence-corrected chi connectivity index (χ3v) is 2.77. The van der Waals surface area contributed by atoms with Crippen LogP contribution in [0.25, 0.3) is 0 Å². The van der Waals surface area contributed by atoms with Crippen molar-refractivity contribution in [3.63, 3.8) is 0 Å². The van der Waals surface area contributed by atoms with E-state index in [-0.39, 0.29) is 22.2 Å². The summed E-state index contributed by atoms with van der Waals surface area (Å²) in [5.41, 5.74) is 1.000. The Bertz CT molecular complexity index is 575. The highest BCUT2D eigenvalue weighted by molar-refractivity contribution is 6.31. The van der Waals surface area contributed by atoms with Crippen LogP contribution in [0.4, 0.5) is 10.1 Å². The van der Waals surface area contributed by atoms with Crippen molar-refractivity contribution in [2.45, 2.75) is 6.54 Å². The molecule has 0 spiro atoms. The number of rotatable bonds is 3. The van der Waals surface area contributed by atoms with Gasteiger partial charge >= 0.3 is 0 Å². The number of aromatic hydroxyl groups is 2. The van der Waals surface area contributed by atoms with Crippen LogP contribution in [-0.2, 0) is 6.54 Å². The molecule has 2 aromatic carbocycles. The van der Waals surface area contributed by atoms with Crippen LogP contribution in [0.5, 0.6) is 11.5 Å². The van der Waals surface area contributed by atoms with Crippen molar-refractivity contribution in [1.82, 2.24) is 0 Å². The predicted molar refractivity (Wildman–Crippen MR) is 68.5 cm³/mol. The van der Waals surface area contributed by atoms with Crippen LogP contribution in [0.2, 0.25) is 5.02 Å². The van der Waals surface area contributed by atoms with Crippen LogP contribution in [0.3, 0.4) is 0 Å². The fraction of sp³-hybridized carbons (Fsp3) is 0.0769. The van der Waals surface area contributed by atoms with E-state index in [4.69, 9.17) is 16.7 Å². The van der Waals surface area contributed by atoms with E-state index in [1.165, 1.54) is 18.2 Å². The van der Waals surface area contributed by atoms with E-state index in [1.807, 2.05) is 0 Å². The fourth-order valence-corrected chi connectivity index (χ4v) is 1.69. The Balaban J connectivity index is 2.11. The van der Waals surface area contributed by atoms with Gasteiger partial charge in [0, 0.05) is 6.54 Å². The zero-order chi connectivity index (χ0) is 13.1. The van der Waals surface area contributed by atoms with Gasteiger partial charge in [-0.05, 0) is 29.8 Å². The van der Waals surface area contributed by atoms with Gasteiger partial charge in [-0.2, -0.15) is 0 Å². The van der Waals surface area contributed by atoms with Crippen molar-refractivity contribution in [3.05, 3.63) is 52.8 Å². The largest absolute Gasteiger partial charge is 0.504 e. The van der Waals surface area contributed by atoms with Gasteiger partial charge in [0.2, 0.25) is 0 Å². The van der Waals surface area contributed by atoms with Gasteiger partial charge in [-0.3, -0.25) is 0 Å². The molecule has 0 aliphatic rings. The molecule has 2 rings (SSSR count). The number of phenols is 2. The van der Waals surface area contributed by atoms with E-state index >= 15 is 0 Å². The van der Waals surface area contributed by atoms with E-state index in [9.17, 15) is 9.50 Å². The average molecular weight is 268 g/mol. The van der Waals surface area contributed by atoms with Gasteiger partial charge in [0.1, 0.15) is 0 Å². The highest BCUT2D eigenvalue weighted by atomic mass is 35.5. The van der Waals surface area contributed by atoms with Crippen molar-refractivity contribution in [1.29, 1.82) is 0 Å². The molecule has 0 aromatic heterocycles. The van der Waals surface area contributed by atoms with Crippen LogP contribution in [-0.4, -0.2) is 10.2 Å². The Morgan fingerprint density at radius 1 is 1.11 bits per heavy atom.